The number of nitrogens with zero attached hydrogens (tertiary/aromatic N) is 1. The normalized spacial score (nSPS) is 10.7. The Morgan fingerprint density at radius 1 is 0.778 bits per heavy atom. The molecule has 0 N–H and O–H groups in total. The van der Waals surface area contributed by atoms with Gasteiger partial charge in [-0.25, -0.2) is 4.98 Å². The molecule has 88 valence electrons. The third kappa shape index (κ3) is 2.00. The summed E-state index contributed by atoms with van der Waals surface area (Å²) in [5, 5.41) is 0. The van der Waals surface area contributed by atoms with Crippen LogP contribution in [0.25, 0.3) is 22.6 Å². The fourth-order valence-corrected chi connectivity index (χ4v) is 2.43. The first-order valence-corrected chi connectivity index (χ1v) is 6.93. The van der Waals surface area contributed by atoms with Crippen molar-refractivity contribution in [3.05, 3.63) is 60.7 Å². The molecule has 0 aliphatic carbocycles. The van der Waals surface area contributed by atoms with Crippen LogP contribution in [0, 0.1) is 0 Å². The SMILES string of the molecule is [SiH3]c1nc(-c2ccccc2)c(-c2ccccc2)o1. The van der Waals surface area contributed by atoms with Gasteiger partial charge in [-0.05, 0) is 0 Å². The predicted octanol–water partition coefficient (Wildman–Crippen LogP) is 2.00. The van der Waals surface area contributed by atoms with E-state index in [9.17, 15) is 0 Å². The molecule has 0 aliphatic heterocycles. The number of oxazole rings is 1. The number of benzene rings is 2. The Labute approximate surface area is 109 Å². The van der Waals surface area contributed by atoms with E-state index in [1.54, 1.807) is 0 Å². The maximum absolute atomic E-state index is 5.81. The Balaban J connectivity index is 2.17. The van der Waals surface area contributed by atoms with Gasteiger partial charge < -0.3 is 4.42 Å². The van der Waals surface area contributed by atoms with Crippen molar-refractivity contribution in [3.8, 4) is 22.6 Å². The second-order valence-electron chi connectivity index (χ2n) is 4.14. The largest absolute Gasteiger partial charge is 0.446 e. The highest BCUT2D eigenvalue weighted by molar-refractivity contribution is 6.28. The van der Waals surface area contributed by atoms with Crippen LogP contribution in [-0.2, 0) is 0 Å². The summed E-state index contributed by atoms with van der Waals surface area (Å²) in [5.41, 5.74) is 3.94. The first-order chi connectivity index (χ1) is 8.84. The molecule has 0 bridgehead atoms. The first-order valence-electron chi connectivity index (χ1n) is 5.93. The van der Waals surface area contributed by atoms with E-state index in [2.05, 4.69) is 17.1 Å². The minimum absolute atomic E-state index is 0.818. The Bertz CT molecular complexity index is 590. The third-order valence-corrected chi connectivity index (χ3v) is 3.25. The Hall–Kier alpha value is -2.13. The van der Waals surface area contributed by atoms with Gasteiger partial charge in [0.2, 0.25) is 0 Å². The Morgan fingerprint density at radius 3 is 1.94 bits per heavy atom. The van der Waals surface area contributed by atoms with Crippen molar-refractivity contribution in [2.45, 2.75) is 0 Å². The van der Waals surface area contributed by atoms with Crippen molar-refractivity contribution in [1.29, 1.82) is 0 Å². The summed E-state index contributed by atoms with van der Waals surface area (Å²) >= 11 is 0. The standard InChI is InChI=1S/C15H13NOSi/c18-15-16-13(11-7-3-1-4-8-11)14(17-15)12-9-5-2-6-10-12/h1-10H,18H3. The van der Waals surface area contributed by atoms with Gasteiger partial charge in [-0.1, -0.05) is 60.7 Å². The van der Waals surface area contributed by atoms with Crippen molar-refractivity contribution in [3.63, 3.8) is 0 Å². The van der Waals surface area contributed by atoms with Crippen LogP contribution in [0.4, 0.5) is 0 Å². The monoisotopic (exact) mass is 251 g/mol. The molecule has 0 saturated carbocycles. The molecule has 2 aromatic carbocycles. The molecule has 0 atom stereocenters. The van der Waals surface area contributed by atoms with Crippen molar-refractivity contribution in [2.24, 2.45) is 0 Å². The van der Waals surface area contributed by atoms with Gasteiger partial charge in [0.1, 0.15) is 15.9 Å². The van der Waals surface area contributed by atoms with Gasteiger partial charge in [-0.3, -0.25) is 0 Å². The van der Waals surface area contributed by atoms with Crippen LogP contribution in [0.15, 0.2) is 65.1 Å². The van der Waals surface area contributed by atoms with Crippen molar-refractivity contribution < 1.29 is 4.42 Å². The van der Waals surface area contributed by atoms with Crippen LogP contribution in [0.5, 0.6) is 0 Å². The summed E-state index contributed by atoms with van der Waals surface area (Å²) in [5.74, 6) is 0.867. The fraction of sp³-hybridized carbons (Fsp3) is 0. The van der Waals surface area contributed by atoms with E-state index >= 15 is 0 Å². The van der Waals surface area contributed by atoms with E-state index in [-0.39, 0.29) is 0 Å². The molecule has 18 heavy (non-hydrogen) atoms. The second-order valence-corrected chi connectivity index (χ2v) is 5.00. The summed E-state index contributed by atoms with van der Waals surface area (Å²) in [6, 6.07) is 20.3. The van der Waals surface area contributed by atoms with Crippen LogP contribution in [0.2, 0.25) is 0 Å². The quantitative estimate of drug-likeness (QED) is 0.651. The minimum atomic E-state index is 0.818. The zero-order valence-electron chi connectivity index (χ0n) is 10.1. The molecular formula is C15H13NOSi. The predicted molar refractivity (Wildman–Crippen MR) is 76.9 cm³/mol. The molecule has 0 spiro atoms. The van der Waals surface area contributed by atoms with Gasteiger partial charge in [-0.15, -0.1) is 0 Å². The van der Waals surface area contributed by atoms with Crippen LogP contribution in [0.3, 0.4) is 0 Å². The van der Waals surface area contributed by atoms with E-state index in [1.807, 2.05) is 48.5 Å². The molecule has 3 heteroatoms. The number of hydrogen-bond acceptors (Lipinski definition) is 2. The molecule has 0 aliphatic rings. The highest BCUT2D eigenvalue weighted by atomic mass is 28.1. The van der Waals surface area contributed by atoms with Gasteiger partial charge in [0.05, 0.1) is 0 Å². The van der Waals surface area contributed by atoms with Crippen molar-refractivity contribution in [1.82, 2.24) is 4.98 Å². The van der Waals surface area contributed by atoms with E-state index in [0.717, 1.165) is 38.3 Å². The van der Waals surface area contributed by atoms with E-state index in [0.29, 0.717) is 0 Å². The van der Waals surface area contributed by atoms with Crippen molar-refractivity contribution >= 4 is 15.8 Å². The van der Waals surface area contributed by atoms with Crippen LogP contribution in [0.1, 0.15) is 0 Å². The first kappa shape index (κ1) is 11.0. The summed E-state index contributed by atoms with van der Waals surface area (Å²) in [6.07, 6.45) is 0. The molecule has 3 rings (SSSR count). The maximum Gasteiger partial charge on any atom is 0.162 e. The van der Waals surface area contributed by atoms with Gasteiger partial charge in [0.15, 0.2) is 11.3 Å². The van der Waals surface area contributed by atoms with E-state index in [1.165, 1.54) is 0 Å². The highest BCUT2D eigenvalue weighted by Gasteiger charge is 2.13. The Morgan fingerprint density at radius 2 is 1.33 bits per heavy atom. The average molecular weight is 251 g/mol. The Kier molecular flexibility index (Phi) is 2.82. The molecule has 1 heterocycles. The molecule has 3 aromatic rings. The van der Waals surface area contributed by atoms with E-state index < -0.39 is 0 Å². The average Bonchev–Trinajstić information content (AvgIpc) is 2.83. The highest BCUT2D eigenvalue weighted by Crippen LogP contribution is 2.29. The smallest absolute Gasteiger partial charge is 0.162 e. The molecule has 2 nitrogen and oxygen atoms in total. The topological polar surface area (TPSA) is 26.0 Å². The zero-order valence-corrected chi connectivity index (χ0v) is 12.1. The molecule has 0 amide bonds. The lowest BCUT2D eigenvalue weighted by molar-refractivity contribution is 0.611. The van der Waals surface area contributed by atoms with Gasteiger partial charge in [0, 0.05) is 11.1 Å². The van der Waals surface area contributed by atoms with Crippen LogP contribution >= 0.6 is 0 Å². The van der Waals surface area contributed by atoms with Gasteiger partial charge in [-0.2, -0.15) is 0 Å². The molecule has 0 saturated heterocycles. The lowest BCUT2D eigenvalue weighted by Gasteiger charge is -2.00. The fourth-order valence-electron chi connectivity index (χ4n) is 2.00. The molecule has 1 aromatic heterocycles. The summed E-state index contributed by atoms with van der Waals surface area (Å²) in [6.45, 7) is 0. The maximum atomic E-state index is 5.81. The van der Waals surface area contributed by atoms with E-state index in [4.69, 9.17) is 4.42 Å². The molecular weight excluding hydrogens is 238 g/mol. The number of aromatic nitrogens is 1. The second kappa shape index (κ2) is 4.62. The zero-order chi connectivity index (χ0) is 12.4. The lowest BCUT2D eigenvalue weighted by Crippen LogP contribution is -2.00. The number of hydrogen-bond donors (Lipinski definition) is 0. The molecule has 0 radical (unpaired) electrons. The van der Waals surface area contributed by atoms with Crippen LogP contribution < -0.4 is 5.51 Å². The van der Waals surface area contributed by atoms with Gasteiger partial charge in [0.25, 0.3) is 0 Å². The minimum Gasteiger partial charge on any atom is -0.446 e. The molecule has 0 fully saturated rings. The van der Waals surface area contributed by atoms with Gasteiger partial charge >= 0.3 is 0 Å². The summed E-state index contributed by atoms with van der Waals surface area (Å²) < 4.78 is 5.81. The lowest BCUT2D eigenvalue weighted by atomic mass is 10.1. The summed E-state index contributed by atoms with van der Waals surface area (Å²) in [4.78, 5) is 4.55. The summed E-state index contributed by atoms with van der Waals surface area (Å²) in [7, 11) is 0.818. The third-order valence-electron chi connectivity index (χ3n) is 2.82. The van der Waals surface area contributed by atoms with Crippen LogP contribution in [-0.4, -0.2) is 15.2 Å². The molecule has 0 unspecified atom stereocenters. The van der Waals surface area contributed by atoms with Crippen molar-refractivity contribution in [2.75, 3.05) is 0 Å². The number of rotatable bonds is 2.